The summed E-state index contributed by atoms with van der Waals surface area (Å²) in [7, 11) is 0. The number of nitrogens with zero attached hydrogens (tertiary/aromatic N) is 3. The Morgan fingerprint density at radius 1 is 1.61 bits per heavy atom. The summed E-state index contributed by atoms with van der Waals surface area (Å²) in [6.07, 6.45) is 3.55. The maximum Gasteiger partial charge on any atom is 0.243 e. The van der Waals surface area contributed by atoms with Gasteiger partial charge in [-0.05, 0) is 26.7 Å². The Hall–Kier alpha value is -1.69. The molecule has 0 saturated heterocycles. The largest absolute Gasteiger partial charge is 0.394 e. The Morgan fingerprint density at radius 2 is 2.33 bits per heavy atom. The summed E-state index contributed by atoms with van der Waals surface area (Å²) in [5, 5.41) is 17.2. The highest BCUT2D eigenvalue weighted by atomic mass is 16.3. The number of hydrogen-bond acceptors (Lipinski definition) is 4. The standard InChI is InChI=1S/C12H18N4O2/c1-8-11(9(2)16(15-8)5-6-17)7-13-14-12(18)10-3-4-10/h7,10,17H,3-6H2,1-2H3,(H,14,18)/b13-7+. The summed E-state index contributed by atoms with van der Waals surface area (Å²) < 4.78 is 1.74. The summed E-state index contributed by atoms with van der Waals surface area (Å²) in [5.41, 5.74) is 5.20. The van der Waals surface area contributed by atoms with E-state index in [0.717, 1.165) is 29.8 Å². The van der Waals surface area contributed by atoms with Crippen molar-refractivity contribution in [1.29, 1.82) is 0 Å². The zero-order chi connectivity index (χ0) is 13.1. The monoisotopic (exact) mass is 250 g/mol. The Labute approximate surface area is 106 Å². The molecule has 1 amide bonds. The number of aromatic nitrogens is 2. The zero-order valence-corrected chi connectivity index (χ0v) is 10.7. The van der Waals surface area contributed by atoms with E-state index in [1.54, 1.807) is 10.9 Å². The summed E-state index contributed by atoms with van der Waals surface area (Å²) in [4.78, 5) is 11.4. The van der Waals surface area contributed by atoms with Gasteiger partial charge >= 0.3 is 0 Å². The second-order valence-electron chi connectivity index (χ2n) is 4.54. The molecular weight excluding hydrogens is 232 g/mol. The van der Waals surface area contributed by atoms with Crippen LogP contribution in [0.2, 0.25) is 0 Å². The van der Waals surface area contributed by atoms with E-state index in [0.29, 0.717) is 6.54 Å². The lowest BCUT2D eigenvalue weighted by Crippen LogP contribution is -2.19. The molecule has 1 aromatic rings. The number of aryl methyl sites for hydroxylation is 1. The van der Waals surface area contributed by atoms with E-state index in [2.05, 4.69) is 15.6 Å². The van der Waals surface area contributed by atoms with Crippen molar-refractivity contribution in [2.45, 2.75) is 33.2 Å². The van der Waals surface area contributed by atoms with Crippen LogP contribution in [0, 0.1) is 19.8 Å². The van der Waals surface area contributed by atoms with Crippen molar-refractivity contribution in [2.75, 3.05) is 6.61 Å². The predicted octanol–water partition coefficient (Wildman–Crippen LogP) is 0.352. The molecule has 98 valence electrons. The van der Waals surface area contributed by atoms with E-state index in [1.807, 2.05) is 13.8 Å². The van der Waals surface area contributed by atoms with Gasteiger partial charge in [0.2, 0.25) is 5.91 Å². The van der Waals surface area contributed by atoms with Crippen LogP contribution in [0.1, 0.15) is 29.8 Å². The van der Waals surface area contributed by atoms with Gasteiger partial charge in [-0.3, -0.25) is 9.48 Å². The number of hydrogen-bond donors (Lipinski definition) is 2. The van der Waals surface area contributed by atoms with Crippen LogP contribution in [0.3, 0.4) is 0 Å². The Bertz CT molecular complexity index is 475. The number of hydrazone groups is 1. The quantitative estimate of drug-likeness (QED) is 0.584. The van der Waals surface area contributed by atoms with Crippen LogP contribution < -0.4 is 5.43 Å². The third kappa shape index (κ3) is 2.76. The highest BCUT2D eigenvalue weighted by molar-refractivity contribution is 5.85. The lowest BCUT2D eigenvalue weighted by atomic mass is 10.2. The van der Waals surface area contributed by atoms with E-state index >= 15 is 0 Å². The van der Waals surface area contributed by atoms with Gasteiger partial charge in [0.15, 0.2) is 0 Å². The van der Waals surface area contributed by atoms with Crippen LogP contribution in [0.4, 0.5) is 0 Å². The molecule has 6 nitrogen and oxygen atoms in total. The number of amides is 1. The third-order valence-corrected chi connectivity index (χ3v) is 3.07. The van der Waals surface area contributed by atoms with Gasteiger partial charge in [-0.15, -0.1) is 0 Å². The van der Waals surface area contributed by atoms with Crippen molar-refractivity contribution < 1.29 is 9.90 Å². The number of carbonyl (C=O) groups excluding carboxylic acids is 1. The first-order valence-corrected chi connectivity index (χ1v) is 6.11. The van der Waals surface area contributed by atoms with Crippen LogP contribution in [0.25, 0.3) is 0 Å². The zero-order valence-electron chi connectivity index (χ0n) is 10.7. The molecule has 2 rings (SSSR count). The smallest absolute Gasteiger partial charge is 0.243 e. The summed E-state index contributed by atoms with van der Waals surface area (Å²) in [6.45, 7) is 4.32. The minimum Gasteiger partial charge on any atom is -0.394 e. The van der Waals surface area contributed by atoms with Crippen LogP contribution in [0.15, 0.2) is 5.10 Å². The fourth-order valence-electron chi connectivity index (χ4n) is 1.81. The maximum atomic E-state index is 11.4. The Morgan fingerprint density at radius 3 is 2.94 bits per heavy atom. The molecule has 1 fully saturated rings. The minimum absolute atomic E-state index is 0.00990. The van der Waals surface area contributed by atoms with Crippen LogP contribution in [-0.4, -0.2) is 33.6 Å². The summed E-state index contributed by atoms with van der Waals surface area (Å²) >= 11 is 0. The van der Waals surface area contributed by atoms with Gasteiger partial charge in [0.05, 0.1) is 25.1 Å². The molecule has 1 aliphatic rings. The van der Waals surface area contributed by atoms with Crippen molar-refractivity contribution in [3.8, 4) is 0 Å². The first kappa shape index (κ1) is 12.8. The molecule has 0 atom stereocenters. The van der Waals surface area contributed by atoms with E-state index < -0.39 is 0 Å². The van der Waals surface area contributed by atoms with E-state index in [9.17, 15) is 4.79 Å². The number of carbonyl (C=O) groups is 1. The molecule has 18 heavy (non-hydrogen) atoms. The molecule has 1 heterocycles. The highest BCUT2D eigenvalue weighted by Gasteiger charge is 2.29. The molecule has 1 saturated carbocycles. The number of nitrogens with one attached hydrogen (secondary N) is 1. The lowest BCUT2D eigenvalue weighted by Gasteiger charge is -2.00. The Kier molecular flexibility index (Phi) is 3.76. The number of rotatable bonds is 5. The maximum absolute atomic E-state index is 11.4. The van der Waals surface area contributed by atoms with Gasteiger partial charge in [-0.2, -0.15) is 10.2 Å². The molecule has 1 aromatic heterocycles. The van der Waals surface area contributed by atoms with E-state index in [-0.39, 0.29) is 18.4 Å². The molecule has 0 aliphatic heterocycles. The molecule has 0 spiro atoms. The summed E-state index contributed by atoms with van der Waals surface area (Å²) in [6, 6.07) is 0. The van der Waals surface area contributed by atoms with Crippen LogP contribution >= 0.6 is 0 Å². The van der Waals surface area contributed by atoms with E-state index in [4.69, 9.17) is 5.11 Å². The molecular formula is C12H18N4O2. The highest BCUT2D eigenvalue weighted by Crippen LogP contribution is 2.28. The molecule has 0 aromatic carbocycles. The molecule has 0 unspecified atom stereocenters. The number of aliphatic hydroxyl groups is 1. The predicted molar refractivity (Wildman–Crippen MR) is 67.2 cm³/mol. The second kappa shape index (κ2) is 5.30. The van der Waals surface area contributed by atoms with Gasteiger partial charge in [-0.1, -0.05) is 0 Å². The fraction of sp³-hybridized carbons (Fsp3) is 0.583. The SMILES string of the molecule is Cc1nn(CCO)c(C)c1/C=N/NC(=O)C1CC1. The van der Waals surface area contributed by atoms with Gasteiger partial charge in [0.1, 0.15) is 0 Å². The first-order chi connectivity index (χ1) is 8.63. The topological polar surface area (TPSA) is 79.5 Å². The van der Waals surface area contributed by atoms with Gasteiger partial charge in [0.25, 0.3) is 0 Å². The van der Waals surface area contributed by atoms with Crippen LogP contribution in [0.5, 0.6) is 0 Å². The first-order valence-electron chi connectivity index (χ1n) is 6.11. The van der Waals surface area contributed by atoms with Crippen LogP contribution in [-0.2, 0) is 11.3 Å². The minimum atomic E-state index is -0.00990. The average Bonchev–Trinajstić information content (AvgIpc) is 3.13. The molecule has 2 N–H and O–H groups in total. The van der Waals surface area contributed by atoms with Crippen molar-refractivity contribution >= 4 is 12.1 Å². The van der Waals surface area contributed by atoms with E-state index in [1.165, 1.54) is 0 Å². The second-order valence-corrected chi connectivity index (χ2v) is 4.54. The van der Waals surface area contributed by atoms with Crippen molar-refractivity contribution in [3.05, 3.63) is 17.0 Å². The van der Waals surface area contributed by atoms with Crippen molar-refractivity contribution in [3.63, 3.8) is 0 Å². The van der Waals surface area contributed by atoms with Gasteiger partial charge < -0.3 is 5.11 Å². The average molecular weight is 250 g/mol. The number of aliphatic hydroxyl groups excluding tert-OH is 1. The fourth-order valence-corrected chi connectivity index (χ4v) is 1.81. The normalized spacial score (nSPS) is 15.3. The molecule has 0 radical (unpaired) electrons. The lowest BCUT2D eigenvalue weighted by molar-refractivity contribution is -0.122. The summed E-state index contributed by atoms with van der Waals surface area (Å²) in [5.74, 6) is 0.144. The molecule has 0 bridgehead atoms. The van der Waals surface area contributed by atoms with Gasteiger partial charge in [0, 0.05) is 17.2 Å². The Balaban J connectivity index is 2.03. The van der Waals surface area contributed by atoms with Crippen molar-refractivity contribution in [2.24, 2.45) is 11.0 Å². The van der Waals surface area contributed by atoms with Gasteiger partial charge in [-0.25, -0.2) is 5.43 Å². The molecule has 1 aliphatic carbocycles. The third-order valence-electron chi connectivity index (χ3n) is 3.07. The van der Waals surface area contributed by atoms with Crippen molar-refractivity contribution in [1.82, 2.24) is 15.2 Å². The molecule has 6 heteroatoms.